The molecule has 1 fully saturated rings. The molecule has 16 heavy (non-hydrogen) atoms. The Balaban J connectivity index is 2.23. The number of nitrogens with zero attached hydrogens (tertiary/aromatic N) is 1. The number of unbranched alkanes of at least 4 members (excludes halogenated alkanes) is 1. The summed E-state index contributed by atoms with van der Waals surface area (Å²) in [6.07, 6.45) is 3.31. The lowest BCUT2D eigenvalue weighted by Gasteiger charge is -2.33. The van der Waals surface area contributed by atoms with Crippen LogP contribution >= 0.6 is 0 Å². The standard InChI is InChI=1S/C11H24N2O2S/c1-10(12)5-3-4-6-13-7-8-16(14,15)9-11(13)2/h10-11H,3-9,12H2,1-2H3. The predicted octanol–water partition coefficient (Wildman–Crippen LogP) is 0.623. The van der Waals surface area contributed by atoms with Gasteiger partial charge in [-0.05, 0) is 33.2 Å². The summed E-state index contributed by atoms with van der Waals surface area (Å²) in [4.78, 5) is 2.28. The van der Waals surface area contributed by atoms with E-state index in [1.807, 2.05) is 13.8 Å². The molecular formula is C11H24N2O2S. The summed E-state index contributed by atoms with van der Waals surface area (Å²) in [5.74, 6) is 0.644. The molecule has 0 radical (unpaired) electrons. The van der Waals surface area contributed by atoms with Crippen LogP contribution in [-0.2, 0) is 9.84 Å². The maximum atomic E-state index is 11.4. The van der Waals surface area contributed by atoms with Crippen LogP contribution in [-0.4, -0.2) is 50.0 Å². The lowest BCUT2D eigenvalue weighted by atomic mass is 10.1. The Hall–Kier alpha value is -0.130. The van der Waals surface area contributed by atoms with E-state index >= 15 is 0 Å². The number of hydrogen-bond donors (Lipinski definition) is 1. The highest BCUT2D eigenvalue weighted by atomic mass is 32.2. The van der Waals surface area contributed by atoms with Crippen LogP contribution in [0.3, 0.4) is 0 Å². The third-order valence-electron chi connectivity index (χ3n) is 3.16. The van der Waals surface area contributed by atoms with Gasteiger partial charge >= 0.3 is 0 Å². The zero-order valence-corrected chi connectivity index (χ0v) is 11.2. The summed E-state index contributed by atoms with van der Waals surface area (Å²) in [6.45, 7) is 5.73. The van der Waals surface area contributed by atoms with Crippen LogP contribution in [0.1, 0.15) is 33.1 Å². The van der Waals surface area contributed by atoms with Crippen LogP contribution < -0.4 is 5.73 Å². The number of rotatable bonds is 5. The maximum Gasteiger partial charge on any atom is 0.153 e. The first-order valence-electron chi connectivity index (χ1n) is 6.11. The van der Waals surface area contributed by atoms with Crippen molar-refractivity contribution in [2.24, 2.45) is 5.73 Å². The Morgan fingerprint density at radius 1 is 1.44 bits per heavy atom. The zero-order valence-electron chi connectivity index (χ0n) is 10.4. The monoisotopic (exact) mass is 248 g/mol. The molecule has 0 amide bonds. The first-order chi connectivity index (χ1) is 7.41. The third-order valence-corrected chi connectivity index (χ3v) is 4.96. The molecule has 2 N–H and O–H groups in total. The van der Waals surface area contributed by atoms with Crippen molar-refractivity contribution in [3.05, 3.63) is 0 Å². The molecule has 1 aliphatic heterocycles. The van der Waals surface area contributed by atoms with Crippen LogP contribution in [0.4, 0.5) is 0 Å². The molecule has 2 unspecified atom stereocenters. The Labute approximate surface area is 99.1 Å². The fourth-order valence-corrected chi connectivity index (χ4v) is 3.77. The van der Waals surface area contributed by atoms with Crippen molar-refractivity contribution in [2.45, 2.75) is 45.2 Å². The van der Waals surface area contributed by atoms with Crippen LogP contribution in [0.15, 0.2) is 0 Å². The van der Waals surface area contributed by atoms with Crippen molar-refractivity contribution in [1.82, 2.24) is 4.90 Å². The highest BCUT2D eigenvalue weighted by molar-refractivity contribution is 7.91. The van der Waals surface area contributed by atoms with Gasteiger partial charge in [-0.2, -0.15) is 0 Å². The average molecular weight is 248 g/mol. The molecule has 4 nitrogen and oxygen atoms in total. The van der Waals surface area contributed by atoms with Crippen LogP contribution in [0, 0.1) is 0 Å². The molecule has 0 saturated carbocycles. The van der Waals surface area contributed by atoms with Gasteiger partial charge in [-0.3, -0.25) is 4.90 Å². The first-order valence-corrected chi connectivity index (χ1v) is 7.93. The summed E-state index contributed by atoms with van der Waals surface area (Å²) in [6, 6.07) is 0.452. The smallest absolute Gasteiger partial charge is 0.153 e. The molecule has 0 bridgehead atoms. The van der Waals surface area contributed by atoms with E-state index in [2.05, 4.69) is 4.90 Å². The molecular weight excluding hydrogens is 224 g/mol. The number of hydrogen-bond acceptors (Lipinski definition) is 4. The maximum absolute atomic E-state index is 11.4. The van der Waals surface area contributed by atoms with Crippen LogP contribution in [0.5, 0.6) is 0 Å². The topological polar surface area (TPSA) is 63.4 Å². The Morgan fingerprint density at radius 3 is 2.69 bits per heavy atom. The highest BCUT2D eigenvalue weighted by Crippen LogP contribution is 2.12. The second-order valence-electron chi connectivity index (χ2n) is 4.97. The second-order valence-corrected chi connectivity index (χ2v) is 7.20. The Kier molecular flexibility index (Phi) is 5.21. The normalized spacial score (nSPS) is 27.8. The largest absolute Gasteiger partial charge is 0.328 e. The fraction of sp³-hybridized carbons (Fsp3) is 1.00. The minimum Gasteiger partial charge on any atom is -0.328 e. The van der Waals surface area contributed by atoms with E-state index in [0.29, 0.717) is 18.1 Å². The minimum atomic E-state index is -2.77. The van der Waals surface area contributed by atoms with Crippen molar-refractivity contribution >= 4 is 9.84 Å². The van der Waals surface area contributed by atoms with Crippen molar-refractivity contribution in [3.8, 4) is 0 Å². The van der Waals surface area contributed by atoms with Gasteiger partial charge in [0.15, 0.2) is 9.84 Å². The van der Waals surface area contributed by atoms with E-state index in [1.165, 1.54) is 0 Å². The molecule has 1 saturated heterocycles. The predicted molar refractivity (Wildman–Crippen MR) is 67.2 cm³/mol. The number of sulfone groups is 1. The molecule has 0 aliphatic carbocycles. The quantitative estimate of drug-likeness (QED) is 0.725. The third kappa shape index (κ3) is 4.80. The summed E-state index contributed by atoms with van der Waals surface area (Å²) < 4.78 is 22.8. The van der Waals surface area contributed by atoms with Gasteiger partial charge in [-0.25, -0.2) is 8.42 Å². The van der Waals surface area contributed by atoms with Gasteiger partial charge in [0.25, 0.3) is 0 Å². The van der Waals surface area contributed by atoms with E-state index in [0.717, 1.165) is 25.8 Å². The molecule has 2 atom stereocenters. The summed E-state index contributed by atoms with van der Waals surface area (Å²) in [5, 5.41) is 0. The Bertz CT molecular complexity index is 301. The molecule has 1 heterocycles. The van der Waals surface area contributed by atoms with Crippen LogP contribution in [0.2, 0.25) is 0 Å². The van der Waals surface area contributed by atoms with Crippen molar-refractivity contribution in [3.63, 3.8) is 0 Å². The van der Waals surface area contributed by atoms with Gasteiger partial charge in [0.05, 0.1) is 11.5 Å². The lowest BCUT2D eigenvalue weighted by Crippen LogP contribution is -2.47. The summed E-state index contributed by atoms with van der Waals surface area (Å²) in [5.41, 5.74) is 5.68. The van der Waals surface area contributed by atoms with Gasteiger partial charge in [-0.15, -0.1) is 0 Å². The SMILES string of the molecule is CC(N)CCCCN1CCS(=O)(=O)CC1C. The lowest BCUT2D eigenvalue weighted by molar-refractivity contribution is 0.221. The van der Waals surface area contributed by atoms with E-state index in [1.54, 1.807) is 0 Å². The molecule has 1 aliphatic rings. The minimum absolute atomic E-state index is 0.175. The molecule has 0 aromatic heterocycles. The van der Waals surface area contributed by atoms with Gasteiger partial charge in [0.1, 0.15) is 0 Å². The highest BCUT2D eigenvalue weighted by Gasteiger charge is 2.27. The van der Waals surface area contributed by atoms with Crippen molar-refractivity contribution in [1.29, 1.82) is 0 Å². The molecule has 0 aromatic rings. The van der Waals surface area contributed by atoms with E-state index in [-0.39, 0.29) is 12.1 Å². The zero-order chi connectivity index (χ0) is 12.2. The fourth-order valence-electron chi connectivity index (χ4n) is 2.15. The van der Waals surface area contributed by atoms with Crippen LogP contribution in [0.25, 0.3) is 0 Å². The Morgan fingerprint density at radius 2 is 2.12 bits per heavy atom. The molecule has 0 aromatic carbocycles. The second kappa shape index (κ2) is 5.98. The molecule has 5 heteroatoms. The van der Waals surface area contributed by atoms with E-state index < -0.39 is 9.84 Å². The summed E-state index contributed by atoms with van der Waals surface area (Å²) >= 11 is 0. The first kappa shape index (κ1) is 13.9. The van der Waals surface area contributed by atoms with E-state index in [9.17, 15) is 8.42 Å². The van der Waals surface area contributed by atoms with Crippen molar-refractivity contribution < 1.29 is 8.42 Å². The molecule has 96 valence electrons. The average Bonchev–Trinajstić information content (AvgIpc) is 2.13. The summed E-state index contributed by atoms with van der Waals surface area (Å²) in [7, 11) is -2.77. The molecule has 0 spiro atoms. The van der Waals surface area contributed by atoms with Gasteiger partial charge in [-0.1, -0.05) is 6.42 Å². The molecule has 1 rings (SSSR count). The van der Waals surface area contributed by atoms with E-state index in [4.69, 9.17) is 5.73 Å². The number of nitrogens with two attached hydrogens (primary N) is 1. The van der Waals surface area contributed by atoms with Gasteiger partial charge in [0, 0.05) is 18.6 Å². The van der Waals surface area contributed by atoms with Gasteiger partial charge < -0.3 is 5.73 Å². The van der Waals surface area contributed by atoms with Gasteiger partial charge in [0.2, 0.25) is 0 Å². The van der Waals surface area contributed by atoms with Crippen molar-refractivity contribution in [2.75, 3.05) is 24.6 Å².